The molecule has 0 fully saturated rings. The Morgan fingerprint density at radius 1 is 0.966 bits per heavy atom. The number of hydrogen-bond acceptors (Lipinski definition) is 5. The molecule has 0 aliphatic carbocycles. The summed E-state index contributed by atoms with van der Waals surface area (Å²) in [5, 5.41) is 4.56. The molecule has 7 heteroatoms. The summed E-state index contributed by atoms with van der Waals surface area (Å²) >= 11 is 0. The molecule has 5 aromatic rings. The number of rotatable bonds is 4. The fraction of sp³-hybridized carbons (Fsp3) is 0.136. The first kappa shape index (κ1) is 17.2. The average Bonchev–Trinajstić information content (AvgIpc) is 3.23. The minimum absolute atomic E-state index is 0.244. The number of aromatic nitrogens is 5. The summed E-state index contributed by atoms with van der Waals surface area (Å²) in [5.41, 5.74) is 13.2. The summed E-state index contributed by atoms with van der Waals surface area (Å²) in [6.07, 6.45) is 2.46. The molecular formula is C22H21N7. The monoisotopic (exact) mass is 383 g/mol. The van der Waals surface area contributed by atoms with Gasteiger partial charge in [0.15, 0.2) is 0 Å². The molecule has 3 heterocycles. The van der Waals surface area contributed by atoms with Crippen LogP contribution in [0.5, 0.6) is 0 Å². The molecule has 0 radical (unpaired) electrons. The molecule has 2 aromatic carbocycles. The minimum atomic E-state index is 0.244. The normalized spacial score (nSPS) is 11.4. The summed E-state index contributed by atoms with van der Waals surface area (Å²) in [4.78, 5) is 19.8. The quantitative estimate of drug-likeness (QED) is 0.369. The summed E-state index contributed by atoms with van der Waals surface area (Å²) in [5.74, 6) is 1.86. The van der Waals surface area contributed by atoms with Gasteiger partial charge in [-0.05, 0) is 55.8 Å². The van der Waals surface area contributed by atoms with E-state index in [1.807, 2.05) is 19.9 Å². The van der Waals surface area contributed by atoms with Gasteiger partial charge >= 0.3 is 0 Å². The number of aryl methyl sites for hydroxylation is 2. The summed E-state index contributed by atoms with van der Waals surface area (Å²) < 4.78 is 0. The van der Waals surface area contributed by atoms with Crippen LogP contribution in [0, 0.1) is 13.8 Å². The van der Waals surface area contributed by atoms with Gasteiger partial charge in [0.25, 0.3) is 0 Å². The molecule has 3 aromatic heterocycles. The van der Waals surface area contributed by atoms with Crippen molar-refractivity contribution < 1.29 is 0 Å². The number of fused-ring (bicyclic) bond motifs is 2. The number of imidazole rings is 1. The molecule has 144 valence electrons. The maximum absolute atomic E-state index is 5.86. The number of benzene rings is 2. The summed E-state index contributed by atoms with van der Waals surface area (Å²) in [6, 6.07) is 14.5. The zero-order valence-electron chi connectivity index (χ0n) is 16.2. The zero-order valence-corrected chi connectivity index (χ0v) is 16.2. The van der Waals surface area contributed by atoms with E-state index in [1.165, 1.54) is 0 Å². The second-order valence-corrected chi connectivity index (χ2v) is 7.33. The first-order valence-corrected chi connectivity index (χ1v) is 9.46. The number of nitrogens with zero attached hydrogens (tertiary/aromatic N) is 3. The second-order valence-electron chi connectivity index (χ2n) is 7.33. The molecule has 0 saturated carbocycles. The minimum Gasteiger partial charge on any atom is -0.368 e. The van der Waals surface area contributed by atoms with Crippen LogP contribution in [0.2, 0.25) is 0 Å². The SMILES string of the molecule is Cc1cc2cc(Nc3nc(N)ncc3Cc3ccc4[nH]c(C)nc4c3)ccc2[nH]1. The van der Waals surface area contributed by atoms with E-state index < -0.39 is 0 Å². The van der Waals surface area contributed by atoms with Crippen LogP contribution in [0.4, 0.5) is 17.5 Å². The van der Waals surface area contributed by atoms with E-state index in [0.29, 0.717) is 12.2 Å². The standard InChI is InChI=1S/C22H21N7/c1-12-7-15-10-17(4-6-18(15)25-12)28-21-16(11-24-22(23)29-21)8-14-3-5-19-20(9-14)27-13(2)26-19/h3-7,9-11,25H,8H2,1-2H3,(H,26,27)(H3,23,24,28,29). The van der Waals surface area contributed by atoms with Crippen LogP contribution < -0.4 is 11.1 Å². The van der Waals surface area contributed by atoms with Gasteiger partial charge in [-0.2, -0.15) is 4.98 Å². The number of nitrogen functional groups attached to an aromatic ring is 1. The van der Waals surface area contributed by atoms with E-state index in [1.54, 1.807) is 6.20 Å². The van der Waals surface area contributed by atoms with Crippen LogP contribution in [-0.4, -0.2) is 24.9 Å². The Kier molecular flexibility index (Phi) is 3.94. The van der Waals surface area contributed by atoms with Crippen LogP contribution in [0.15, 0.2) is 48.7 Å². The molecule has 29 heavy (non-hydrogen) atoms. The predicted octanol–water partition coefficient (Wildman–Crippen LogP) is 4.37. The highest BCUT2D eigenvalue weighted by Crippen LogP contribution is 2.26. The van der Waals surface area contributed by atoms with Gasteiger partial charge in [-0.15, -0.1) is 0 Å². The van der Waals surface area contributed by atoms with Gasteiger partial charge in [0, 0.05) is 40.5 Å². The number of H-pyrrole nitrogens is 2. The van der Waals surface area contributed by atoms with Crippen LogP contribution in [0.25, 0.3) is 21.9 Å². The highest BCUT2D eigenvalue weighted by molar-refractivity contribution is 5.85. The molecule has 5 N–H and O–H groups in total. The molecule has 0 spiro atoms. The van der Waals surface area contributed by atoms with Crippen molar-refractivity contribution >= 4 is 39.4 Å². The van der Waals surface area contributed by atoms with E-state index in [2.05, 4.69) is 66.6 Å². The Morgan fingerprint density at radius 2 is 1.83 bits per heavy atom. The lowest BCUT2D eigenvalue weighted by atomic mass is 10.1. The molecular weight excluding hydrogens is 362 g/mol. The predicted molar refractivity (Wildman–Crippen MR) is 116 cm³/mol. The van der Waals surface area contributed by atoms with Crippen molar-refractivity contribution in [2.45, 2.75) is 20.3 Å². The smallest absolute Gasteiger partial charge is 0.221 e. The van der Waals surface area contributed by atoms with Gasteiger partial charge in [0.2, 0.25) is 5.95 Å². The molecule has 7 nitrogen and oxygen atoms in total. The molecule has 0 aliphatic heterocycles. The molecule has 5 rings (SSSR count). The Balaban J connectivity index is 1.48. The van der Waals surface area contributed by atoms with E-state index in [4.69, 9.17) is 5.73 Å². The summed E-state index contributed by atoms with van der Waals surface area (Å²) in [6.45, 7) is 4.01. The van der Waals surface area contributed by atoms with Crippen LogP contribution in [0.1, 0.15) is 22.6 Å². The van der Waals surface area contributed by atoms with Crippen molar-refractivity contribution in [1.82, 2.24) is 24.9 Å². The van der Waals surface area contributed by atoms with Crippen molar-refractivity contribution in [2.75, 3.05) is 11.1 Å². The Hall–Kier alpha value is -3.87. The summed E-state index contributed by atoms with van der Waals surface area (Å²) in [7, 11) is 0. The van der Waals surface area contributed by atoms with Gasteiger partial charge in [0.05, 0.1) is 11.0 Å². The first-order valence-electron chi connectivity index (χ1n) is 9.46. The molecule has 0 bridgehead atoms. The molecule has 0 aliphatic rings. The number of anilines is 3. The van der Waals surface area contributed by atoms with Gasteiger partial charge in [-0.3, -0.25) is 0 Å². The van der Waals surface area contributed by atoms with Gasteiger partial charge in [-0.1, -0.05) is 6.07 Å². The Bertz CT molecular complexity index is 1350. The fourth-order valence-electron chi connectivity index (χ4n) is 3.66. The van der Waals surface area contributed by atoms with E-state index in [0.717, 1.165) is 50.3 Å². The highest BCUT2D eigenvalue weighted by Gasteiger charge is 2.10. The Labute approximate surface area is 167 Å². The zero-order chi connectivity index (χ0) is 20.0. The first-order chi connectivity index (χ1) is 14.0. The second kappa shape index (κ2) is 6.63. The van der Waals surface area contributed by atoms with Gasteiger partial charge in [0.1, 0.15) is 11.6 Å². The third-order valence-electron chi connectivity index (χ3n) is 4.96. The lowest BCUT2D eigenvalue weighted by Crippen LogP contribution is -2.04. The van der Waals surface area contributed by atoms with Crippen LogP contribution in [0.3, 0.4) is 0 Å². The van der Waals surface area contributed by atoms with Crippen molar-refractivity contribution in [1.29, 1.82) is 0 Å². The fourth-order valence-corrected chi connectivity index (χ4v) is 3.66. The lowest BCUT2D eigenvalue weighted by Gasteiger charge is -2.12. The lowest BCUT2D eigenvalue weighted by molar-refractivity contribution is 1.09. The maximum atomic E-state index is 5.86. The maximum Gasteiger partial charge on any atom is 0.221 e. The number of aromatic amines is 2. The number of nitrogens with one attached hydrogen (secondary N) is 3. The molecule has 0 amide bonds. The van der Waals surface area contributed by atoms with Crippen molar-refractivity contribution in [3.8, 4) is 0 Å². The topological polar surface area (TPSA) is 108 Å². The van der Waals surface area contributed by atoms with Crippen molar-refractivity contribution in [3.05, 3.63) is 71.3 Å². The van der Waals surface area contributed by atoms with Crippen LogP contribution >= 0.6 is 0 Å². The number of hydrogen-bond donors (Lipinski definition) is 4. The van der Waals surface area contributed by atoms with Gasteiger partial charge in [-0.25, -0.2) is 9.97 Å². The number of nitrogens with two attached hydrogens (primary N) is 1. The van der Waals surface area contributed by atoms with E-state index in [9.17, 15) is 0 Å². The molecule has 0 atom stereocenters. The van der Waals surface area contributed by atoms with Crippen molar-refractivity contribution in [2.24, 2.45) is 0 Å². The van der Waals surface area contributed by atoms with Crippen LogP contribution in [-0.2, 0) is 6.42 Å². The molecule has 0 saturated heterocycles. The average molecular weight is 383 g/mol. The third-order valence-corrected chi connectivity index (χ3v) is 4.96. The van der Waals surface area contributed by atoms with Crippen molar-refractivity contribution in [3.63, 3.8) is 0 Å². The Morgan fingerprint density at radius 3 is 2.72 bits per heavy atom. The van der Waals surface area contributed by atoms with E-state index in [-0.39, 0.29) is 5.95 Å². The third kappa shape index (κ3) is 3.38. The molecule has 0 unspecified atom stereocenters. The van der Waals surface area contributed by atoms with Gasteiger partial charge < -0.3 is 21.0 Å². The highest BCUT2D eigenvalue weighted by atomic mass is 15.1. The largest absolute Gasteiger partial charge is 0.368 e. The van der Waals surface area contributed by atoms with E-state index >= 15 is 0 Å².